The number of nitrogens with zero attached hydrogens (tertiary/aromatic N) is 1. The smallest absolute Gasteiger partial charge is 0.260 e. The molecule has 18 heavy (non-hydrogen) atoms. The van der Waals surface area contributed by atoms with Crippen LogP contribution in [-0.4, -0.2) is 34.9 Å². The second-order valence-electron chi connectivity index (χ2n) is 4.54. The highest BCUT2D eigenvalue weighted by Crippen LogP contribution is 2.10. The van der Waals surface area contributed by atoms with Crippen molar-refractivity contribution >= 4 is 18.3 Å². The van der Waals surface area contributed by atoms with E-state index in [0.29, 0.717) is 13.1 Å². The normalized spacial score (nSPS) is 19.2. The van der Waals surface area contributed by atoms with E-state index >= 15 is 0 Å². The zero-order valence-electron chi connectivity index (χ0n) is 10.3. The Morgan fingerprint density at radius 3 is 2.83 bits per heavy atom. The Labute approximate surface area is 112 Å². The number of carbonyl (C=O) groups is 1. The van der Waals surface area contributed by atoms with Gasteiger partial charge in [0.25, 0.3) is 11.5 Å². The molecule has 1 fully saturated rings. The van der Waals surface area contributed by atoms with Crippen LogP contribution in [0.1, 0.15) is 28.9 Å². The molecule has 2 heterocycles. The number of rotatable bonds is 1. The van der Waals surface area contributed by atoms with Crippen molar-refractivity contribution in [1.82, 2.24) is 9.88 Å². The topological polar surface area (TPSA) is 79.2 Å². The van der Waals surface area contributed by atoms with Crippen molar-refractivity contribution in [2.24, 2.45) is 5.73 Å². The molecule has 1 aliphatic heterocycles. The van der Waals surface area contributed by atoms with Crippen molar-refractivity contribution in [2.75, 3.05) is 13.1 Å². The highest BCUT2D eigenvalue weighted by molar-refractivity contribution is 5.93. The van der Waals surface area contributed by atoms with Crippen LogP contribution >= 0.6 is 12.4 Å². The Kier molecular flexibility index (Phi) is 4.93. The summed E-state index contributed by atoms with van der Waals surface area (Å²) in [6.45, 7) is 3.00. The molecule has 0 aliphatic carbocycles. The molecule has 6 heteroatoms. The van der Waals surface area contributed by atoms with Crippen LogP contribution in [0.2, 0.25) is 0 Å². The van der Waals surface area contributed by atoms with Crippen LogP contribution in [0.3, 0.4) is 0 Å². The summed E-state index contributed by atoms with van der Waals surface area (Å²) in [7, 11) is 0. The number of nitrogens with two attached hydrogens (primary N) is 1. The Morgan fingerprint density at radius 2 is 2.22 bits per heavy atom. The molecule has 0 radical (unpaired) electrons. The fraction of sp³-hybridized carbons (Fsp3) is 0.500. The molecule has 1 aromatic heterocycles. The summed E-state index contributed by atoms with van der Waals surface area (Å²) in [4.78, 5) is 28.1. The van der Waals surface area contributed by atoms with Gasteiger partial charge in [0.2, 0.25) is 0 Å². The highest BCUT2D eigenvalue weighted by Gasteiger charge is 2.23. The summed E-state index contributed by atoms with van der Waals surface area (Å²) in [5, 5.41) is 0. The van der Waals surface area contributed by atoms with Crippen LogP contribution in [0, 0.1) is 6.92 Å². The fourth-order valence-electron chi connectivity index (χ4n) is 2.11. The van der Waals surface area contributed by atoms with Gasteiger partial charge in [-0.3, -0.25) is 9.59 Å². The monoisotopic (exact) mass is 271 g/mol. The van der Waals surface area contributed by atoms with Crippen LogP contribution < -0.4 is 11.3 Å². The van der Waals surface area contributed by atoms with Gasteiger partial charge in [0.15, 0.2) is 0 Å². The third-order valence-electron chi connectivity index (χ3n) is 3.03. The fourth-order valence-corrected chi connectivity index (χ4v) is 2.11. The second-order valence-corrected chi connectivity index (χ2v) is 4.54. The number of amides is 1. The van der Waals surface area contributed by atoms with Crippen LogP contribution in [0.15, 0.2) is 16.9 Å². The van der Waals surface area contributed by atoms with E-state index in [9.17, 15) is 9.59 Å². The lowest BCUT2D eigenvalue weighted by Crippen LogP contribution is -2.46. The predicted octanol–water partition coefficient (Wildman–Crippen LogP) is 0.668. The quantitative estimate of drug-likeness (QED) is 0.788. The predicted molar refractivity (Wildman–Crippen MR) is 72.2 cm³/mol. The van der Waals surface area contributed by atoms with Gasteiger partial charge < -0.3 is 15.6 Å². The Balaban J connectivity index is 0.00000162. The van der Waals surface area contributed by atoms with E-state index in [0.717, 1.165) is 18.5 Å². The zero-order valence-corrected chi connectivity index (χ0v) is 11.1. The molecular weight excluding hydrogens is 254 g/mol. The molecule has 0 aromatic carbocycles. The second kappa shape index (κ2) is 6.02. The van der Waals surface area contributed by atoms with Gasteiger partial charge in [-0.1, -0.05) is 0 Å². The number of nitrogens with one attached hydrogen (secondary N) is 1. The van der Waals surface area contributed by atoms with Crippen LogP contribution in [-0.2, 0) is 0 Å². The van der Waals surface area contributed by atoms with E-state index in [1.807, 2.05) is 0 Å². The minimum Gasteiger partial charge on any atom is -0.337 e. The van der Waals surface area contributed by atoms with Gasteiger partial charge in [-0.15, -0.1) is 12.4 Å². The lowest BCUT2D eigenvalue weighted by Gasteiger charge is -2.30. The molecule has 1 atom stereocenters. The molecule has 5 nitrogen and oxygen atoms in total. The Bertz CT molecular complexity index is 486. The molecule has 1 unspecified atom stereocenters. The summed E-state index contributed by atoms with van der Waals surface area (Å²) in [5.74, 6) is -0.221. The number of hydrogen-bond acceptors (Lipinski definition) is 3. The van der Waals surface area contributed by atoms with Crippen LogP contribution in [0.25, 0.3) is 0 Å². The Morgan fingerprint density at radius 1 is 1.50 bits per heavy atom. The van der Waals surface area contributed by atoms with E-state index in [-0.39, 0.29) is 35.5 Å². The number of aromatic amines is 1. The maximum atomic E-state index is 12.1. The first-order valence-corrected chi connectivity index (χ1v) is 5.82. The molecule has 100 valence electrons. The van der Waals surface area contributed by atoms with Gasteiger partial charge in [0, 0.05) is 24.8 Å². The number of aromatic nitrogens is 1. The van der Waals surface area contributed by atoms with E-state index < -0.39 is 0 Å². The van der Waals surface area contributed by atoms with Gasteiger partial charge in [-0.2, -0.15) is 0 Å². The van der Waals surface area contributed by atoms with Gasteiger partial charge >= 0.3 is 0 Å². The molecule has 0 saturated carbocycles. The number of aryl methyl sites for hydroxylation is 1. The van der Waals surface area contributed by atoms with Crippen LogP contribution in [0.5, 0.6) is 0 Å². The maximum Gasteiger partial charge on any atom is 0.260 e. The summed E-state index contributed by atoms with van der Waals surface area (Å²) in [5.41, 5.74) is 6.45. The third kappa shape index (κ3) is 3.11. The first kappa shape index (κ1) is 14.7. The molecule has 3 N–H and O–H groups in total. The summed E-state index contributed by atoms with van der Waals surface area (Å²) in [6.07, 6.45) is 1.84. The summed E-state index contributed by atoms with van der Waals surface area (Å²) < 4.78 is 0. The highest BCUT2D eigenvalue weighted by atomic mass is 35.5. The number of piperidine rings is 1. The largest absolute Gasteiger partial charge is 0.337 e. The van der Waals surface area contributed by atoms with Crippen molar-refractivity contribution in [3.63, 3.8) is 0 Å². The standard InChI is InChI=1S/C12H17N3O2.ClH/c1-8-4-5-10(11(16)14-8)12(17)15-6-2-3-9(13)7-15;/h4-5,9H,2-3,6-7,13H2,1H3,(H,14,16);1H. The van der Waals surface area contributed by atoms with E-state index in [2.05, 4.69) is 4.98 Å². The lowest BCUT2D eigenvalue weighted by molar-refractivity contribution is 0.0707. The van der Waals surface area contributed by atoms with Crippen molar-refractivity contribution in [3.8, 4) is 0 Å². The lowest BCUT2D eigenvalue weighted by atomic mass is 10.1. The van der Waals surface area contributed by atoms with E-state index in [1.54, 1.807) is 24.0 Å². The average molecular weight is 272 g/mol. The molecule has 0 spiro atoms. The molecule has 1 amide bonds. The SMILES string of the molecule is Cc1ccc(C(=O)N2CCCC(N)C2)c(=O)[nH]1.Cl. The first-order valence-electron chi connectivity index (χ1n) is 5.82. The minimum atomic E-state index is -0.325. The van der Waals surface area contributed by atoms with E-state index in [4.69, 9.17) is 5.73 Å². The number of pyridine rings is 1. The summed E-state index contributed by atoms with van der Waals surface area (Å²) >= 11 is 0. The maximum absolute atomic E-state index is 12.1. The number of likely N-dealkylation sites (tertiary alicyclic amines) is 1. The molecule has 1 aromatic rings. The molecule has 1 saturated heterocycles. The Hall–Kier alpha value is -1.33. The molecular formula is C12H18ClN3O2. The number of hydrogen-bond donors (Lipinski definition) is 2. The number of carbonyl (C=O) groups excluding carboxylic acids is 1. The van der Waals surface area contributed by atoms with Gasteiger partial charge in [0.05, 0.1) is 0 Å². The number of halogens is 1. The van der Waals surface area contributed by atoms with Crippen molar-refractivity contribution in [1.29, 1.82) is 0 Å². The van der Waals surface area contributed by atoms with Crippen molar-refractivity contribution in [2.45, 2.75) is 25.8 Å². The molecule has 1 aliphatic rings. The minimum absolute atomic E-state index is 0. The number of H-pyrrole nitrogens is 1. The molecule has 0 bridgehead atoms. The zero-order chi connectivity index (χ0) is 12.4. The molecule has 2 rings (SSSR count). The van der Waals surface area contributed by atoms with Crippen molar-refractivity contribution < 1.29 is 4.79 Å². The first-order chi connectivity index (χ1) is 8.08. The van der Waals surface area contributed by atoms with Gasteiger partial charge in [-0.05, 0) is 31.9 Å². The van der Waals surface area contributed by atoms with Gasteiger partial charge in [0.1, 0.15) is 5.56 Å². The average Bonchev–Trinajstić information content (AvgIpc) is 2.28. The van der Waals surface area contributed by atoms with Crippen molar-refractivity contribution in [3.05, 3.63) is 33.7 Å². The third-order valence-corrected chi connectivity index (χ3v) is 3.03. The summed E-state index contributed by atoms with van der Waals surface area (Å²) in [6, 6.07) is 3.34. The van der Waals surface area contributed by atoms with E-state index in [1.165, 1.54) is 0 Å². The van der Waals surface area contributed by atoms with Gasteiger partial charge in [-0.25, -0.2) is 0 Å². The van der Waals surface area contributed by atoms with Crippen LogP contribution in [0.4, 0.5) is 0 Å².